The van der Waals surface area contributed by atoms with E-state index in [0.29, 0.717) is 0 Å². The fourth-order valence-corrected chi connectivity index (χ4v) is 1.02. The third kappa shape index (κ3) is 2.61. The fourth-order valence-electron chi connectivity index (χ4n) is 0.790. The van der Waals surface area contributed by atoms with Gasteiger partial charge < -0.3 is 4.74 Å². The number of rotatable bonds is 1. The van der Waals surface area contributed by atoms with Gasteiger partial charge in [-0.15, -0.1) is 0 Å². The molecular formula is C7Cl3F5O. The Hall–Kier alpha value is -0.460. The Morgan fingerprint density at radius 3 is 1.31 bits per heavy atom. The maximum Gasteiger partial charge on any atom is 0.338 e. The van der Waals surface area contributed by atoms with Crippen LogP contribution in [0.2, 0.25) is 0 Å². The smallest absolute Gasteiger partial charge is 0.338 e. The zero-order valence-corrected chi connectivity index (χ0v) is 9.20. The molecule has 0 radical (unpaired) electrons. The summed E-state index contributed by atoms with van der Waals surface area (Å²) >= 11 is 15.0. The van der Waals surface area contributed by atoms with Crippen molar-refractivity contribution in [1.82, 2.24) is 0 Å². The van der Waals surface area contributed by atoms with Crippen molar-refractivity contribution in [2.24, 2.45) is 0 Å². The van der Waals surface area contributed by atoms with E-state index in [1.54, 1.807) is 0 Å². The highest BCUT2D eigenvalue weighted by molar-refractivity contribution is 6.66. The third-order valence-corrected chi connectivity index (χ3v) is 1.62. The Kier molecular flexibility index (Phi) is 3.76. The lowest BCUT2D eigenvalue weighted by Crippen LogP contribution is -2.17. The van der Waals surface area contributed by atoms with Crippen LogP contribution in [-0.2, 0) is 0 Å². The van der Waals surface area contributed by atoms with Crippen molar-refractivity contribution in [1.29, 1.82) is 0 Å². The fraction of sp³-hybridized carbons (Fsp3) is 0.143. The molecule has 0 spiro atoms. The Morgan fingerprint density at radius 1 is 0.688 bits per heavy atom. The van der Waals surface area contributed by atoms with Crippen LogP contribution in [0.5, 0.6) is 5.75 Å². The van der Waals surface area contributed by atoms with Crippen LogP contribution >= 0.6 is 34.8 Å². The lowest BCUT2D eigenvalue weighted by molar-refractivity contribution is 0.262. The van der Waals surface area contributed by atoms with E-state index in [1.807, 2.05) is 0 Å². The Morgan fingerprint density at radius 2 is 1.00 bits per heavy atom. The number of hydrogen-bond acceptors (Lipinski definition) is 1. The number of alkyl halides is 3. The molecule has 0 fully saturated rings. The molecule has 0 saturated heterocycles. The molecular weight excluding hydrogens is 301 g/mol. The summed E-state index contributed by atoms with van der Waals surface area (Å²) in [5, 5.41) is 0. The van der Waals surface area contributed by atoms with Crippen LogP contribution in [0.4, 0.5) is 22.0 Å². The molecule has 0 atom stereocenters. The minimum absolute atomic E-state index is 1.66. The summed E-state index contributed by atoms with van der Waals surface area (Å²) in [4.78, 5) is 0. The summed E-state index contributed by atoms with van der Waals surface area (Å²) in [5.41, 5.74) is 0. The minimum atomic E-state index is -2.65. The van der Waals surface area contributed by atoms with Gasteiger partial charge in [-0.25, -0.2) is 13.2 Å². The van der Waals surface area contributed by atoms with E-state index in [9.17, 15) is 22.0 Å². The highest BCUT2D eigenvalue weighted by atomic mass is 35.6. The first-order valence-corrected chi connectivity index (χ1v) is 4.55. The average Bonchev–Trinajstić information content (AvgIpc) is 2.17. The standard InChI is InChI=1S/C7Cl3F5O/c8-7(9,10)16-6-4(14)2(12)1(11)3(13)5(6)15. The van der Waals surface area contributed by atoms with Crippen molar-refractivity contribution in [2.75, 3.05) is 0 Å². The van der Waals surface area contributed by atoms with E-state index < -0.39 is 38.8 Å². The molecule has 0 heterocycles. The van der Waals surface area contributed by atoms with Gasteiger partial charge in [0.2, 0.25) is 34.8 Å². The van der Waals surface area contributed by atoms with E-state index in [4.69, 9.17) is 34.8 Å². The van der Waals surface area contributed by atoms with Gasteiger partial charge in [-0.3, -0.25) is 0 Å². The Bertz CT molecular complexity index is 402. The van der Waals surface area contributed by atoms with Gasteiger partial charge in [0.15, 0.2) is 0 Å². The first-order valence-electron chi connectivity index (χ1n) is 3.42. The molecule has 1 aromatic rings. The van der Waals surface area contributed by atoms with E-state index in [-0.39, 0.29) is 0 Å². The molecule has 0 N–H and O–H groups in total. The van der Waals surface area contributed by atoms with Crippen molar-refractivity contribution in [3.8, 4) is 5.75 Å². The minimum Gasteiger partial charge on any atom is -0.439 e. The van der Waals surface area contributed by atoms with Crippen LogP contribution in [0.1, 0.15) is 0 Å². The lowest BCUT2D eigenvalue weighted by Gasteiger charge is -2.15. The largest absolute Gasteiger partial charge is 0.439 e. The van der Waals surface area contributed by atoms with Gasteiger partial charge in [0.25, 0.3) is 0 Å². The molecule has 0 aliphatic carbocycles. The van der Waals surface area contributed by atoms with Crippen LogP contribution < -0.4 is 4.74 Å². The molecule has 16 heavy (non-hydrogen) atoms. The zero-order chi connectivity index (χ0) is 12.7. The van der Waals surface area contributed by atoms with Crippen molar-refractivity contribution >= 4 is 34.8 Å². The summed E-state index contributed by atoms with van der Waals surface area (Å²) in [7, 11) is 0. The molecule has 0 unspecified atom stereocenters. The molecule has 1 rings (SSSR count). The molecule has 1 aromatic carbocycles. The van der Waals surface area contributed by atoms with Crippen LogP contribution in [-0.4, -0.2) is 3.98 Å². The highest BCUT2D eigenvalue weighted by Crippen LogP contribution is 2.36. The van der Waals surface area contributed by atoms with Crippen LogP contribution in [0.15, 0.2) is 0 Å². The van der Waals surface area contributed by atoms with Gasteiger partial charge in [-0.1, -0.05) is 0 Å². The number of hydrogen-bond donors (Lipinski definition) is 0. The van der Waals surface area contributed by atoms with E-state index >= 15 is 0 Å². The Labute approximate surface area is 101 Å². The lowest BCUT2D eigenvalue weighted by atomic mass is 10.3. The van der Waals surface area contributed by atoms with E-state index in [2.05, 4.69) is 4.74 Å². The molecule has 90 valence electrons. The molecule has 0 aliphatic heterocycles. The summed E-state index contributed by atoms with van der Waals surface area (Å²) in [6.07, 6.45) is 0. The topological polar surface area (TPSA) is 9.23 Å². The molecule has 1 nitrogen and oxygen atoms in total. The summed E-state index contributed by atoms with van der Waals surface area (Å²) in [6, 6.07) is 0. The molecule has 0 saturated carbocycles. The van der Waals surface area contributed by atoms with Crippen molar-refractivity contribution < 1.29 is 26.7 Å². The SMILES string of the molecule is Fc1c(F)c(F)c(OC(Cl)(Cl)Cl)c(F)c1F. The highest BCUT2D eigenvalue weighted by Gasteiger charge is 2.32. The van der Waals surface area contributed by atoms with Gasteiger partial charge in [-0.2, -0.15) is 8.78 Å². The summed E-state index contributed by atoms with van der Waals surface area (Å²) < 4.78 is 64.9. The normalized spacial score (nSPS) is 11.8. The van der Waals surface area contributed by atoms with Crippen LogP contribution in [0, 0.1) is 29.1 Å². The van der Waals surface area contributed by atoms with E-state index in [0.717, 1.165) is 0 Å². The molecule has 0 amide bonds. The average molecular weight is 301 g/mol. The van der Waals surface area contributed by atoms with Gasteiger partial charge >= 0.3 is 3.98 Å². The number of benzene rings is 1. The maximum atomic E-state index is 12.9. The van der Waals surface area contributed by atoms with Crippen molar-refractivity contribution in [2.45, 2.75) is 3.98 Å². The first kappa shape index (κ1) is 13.6. The number of halogens is 8. The van der Waals surface area contributed by atoms with Crippen LogP contribution in [0.25, 0.3) is 0 Å². The molecule has 9 heteroatoms. The summed E-state index contributed by atoms with van der Waals surface area (Å²) in [5.74, 6) is -12.8. The first-order chi connectivity index (χ1) is 7.15. The maximum absolute atomic E-state index is 12.9. The van der Waals surface area contributed by atoms with E-state index in [1.165, 1.54) is 0 Å². The molecule has 0 bridgehead atoms. The molecule has 0 aromatic heterocycles. The van der Waals surface area contributed by atoms with Gasteiger partial charge in [0, 0.05) is 0 Å². The number of ether oxygens (including phenoxy) is 1. The predicted octanol–water partition coefficient (Wildman–Crippen LogP) is 4.09. The Balaban J connectivity index is 3.40. The molecule has 0 aliphatic rings. The predicted molar refractivity (Wildman–Crippen MR) is 47.1 cm³/mol. The van der Waals surface area contributed by atoms with Crippen molar-refractivity contribution in [3.63, 3.8) is 0 Å². The van der Waals surface area contributed by atoms with Gasteiger partial charge in [0.05, 0.1) is 0 Å². The summed E-state index contributed by atoms with van der Waals surface area (Å²) in [6.45, 7) is 0. The second kappa shape index (κ2) is 4.43. The van der Waals surface area contributed by atoms with Gasteiger partial charge in [0.1, 0.15) is 0 Å². The second-order valence-corrected chi connectivity index (χ2v) is 4.62. The second-order valence-electron chi connectivity index (χ2n) is 2.45. The zero-order valence-electron chi connectivity index (χ0n) is 6.93. The monoisotopic (exact) mass is 300 g/mol. The van der Waals surface area contributed by atoms with Gasteiger partial charge in [-0.05, 0) is 34.8 Å². The van der Waals surface area contributed by atoms with Crippen molar-refractivity contribution in [3.05, 3.63) is 29.1 Å². The van der Waals surface area contributed by atoms with Crippen LogP contribution in [0.3, 0.4) is 0 Å². The quantitative estimate of drug-likeness (QED) is 0.328. The third-order valence-electron chi connectivity index (χ3n) is 1.39.